The Hall–Kier alpha value is -0.900. The van der Waals surface area contributed by atoms with Crippen molar-refractivity contribution >= 4 is 0 Å². The van der Waals surface area contributed by atoms with Crippen molar-refractivity contribution in [1.82, 2.24) is 14.8 Å². The quantitative estimate of drug-likeness (QED) is 0.900. The van der Waals surface area contributed by atoms with Gasteiger partial charge in [-0.2, -0.15) is 5.10 Å². The highest BCUT2D eigenvalue weighted by atomic mass is 15.3. The fourth-order valence-electron chi connectivity index (χ4n) is 3.76. The number of hydrogen-bond acceptors (Lipinski definition) is 3. The van der Waals surface area contributed by atoms with Gasteiger partial charge in [-0.05, 0) is 36.5 Å². The minimum absolute atomic E-state index is 0.193. The maximum absolute atomic E-state index is 6.44. The van der Waals surface area contributed by atoms with Crippen LogP contribution < -0.4 is 5.73 Å². The molecule has 2 rings (SSSR count). The van der Waals surface area contributed by atoms with Crippen molar-refractivity contribution in [2.75, 3.05) is 0 Å². The van der Waals surface area contributed by atoms with Crippen LogP contribution in [0.3, 0.4) is 0 Å². The Balaban J connectivity index is 2.08. The molecular weight excluding hydrogens is 248 g/mol. The maximum Gasteiger partial charge on any atom is 0.138 e. The first kappa shape index (κ1) is 15.5. The van der Waals surface area contributed by atoms with Crippen LogP contribution >= 0.6 is 0 Å². The zero-order valence-electron chi connectivity index (χ0n) is 13.5. The van der Waals surface area contributed by atoms with Crippen LogP contribution in [0.25, 0.3) is 0 Å². The third-order valence-corrected chi connectivity index (χ3v) is 4.91. The molecule has 1 aromatic heterocycles. The van der Waals surface area contributed by atoms with E-state index in [1.54, 1.807) is 6.33 Å². The van der Waals surface area contributed by atoms with E-state index in [0.717, 1.165) is 37.5 Å². The lowest BCUT2D eigenvalue weighted by atomic mass is 9.65. The molecule has 0 bridgehead atoms. The number of aromatic nitrogens is 3. The van der Waals surface area contributed by atoms with Gasteiger partial charge in [0, 0.05) is 19.0 Å². The highest BCUT2D eigenvalue weighted by Gasteiger charge is 2.38. The van der Waals surface area contributed by atoms with E-state index in [1.807, 2.05) is 0 Å². The second-order valence-corrected chi connectivity index (χ2v) is 7.25. The van der Waals surface area contributed by atoms with E-state index in [9.17, 15) is 0 Å². The first-order valence-corrected chi connectivity index (χ1v) is 8.06. The second kappa shape index (κ2) is 6.25. The summed E-state index contributed by atoms with van der Waals surface area (Å²) in [4.78, 5) is 4.47. The van der Waals surface area contributed by atoms with Crippen molar-refractivity contribution in [2.45, 2.75) is 72.4 Å². The highest BCUT2D eigenvalue weighted by Crippen LogP contribution is 2.41. The molecule has 1 fully saturated rings. The molecule has 0 aliphatic heterocycles. The van der Waals surface area contributed by atoms with Gasteiger partial charge in [-0.15, -0.1) is 0 Å². The summed E-state index contributed by atoms with van der Waals surface area (Å²) in [7, 11) is 0. The predicted octanol–water partition coefficient (Wildman–Crippen LogP) is 3.02. The lowest BCUT2D eigenvalue weighted by molar-refractivity contribution is 0.110. The summed E-state index contributed by atoms with van der Waals surface area (Å²) >= 11 is 0. The van der Waals surface area contributed by atoms with Crippen molar-refractivity contribution < 1.29 is 0 Å². The van der Waals surface area contributed by atoms with Crippen molar-refractivity contribution in [3.8, 4) is 0 Å². The van der Waals surface area contributed by atoms with Crippen LogP contribution in [0.4, 0.5) is 0 Å². The molecule has 4 heteroatoms. The number of nitrogens with zero attached hydrogens (tertiary/aromatic N) is 3. The van der Waals surface area contributed by atoms with Crippen LogP contribution in [0.5, 0.6) is 0 Å². The number of aryl methyl sites for hydroxylation is 1. The van der Waals surface area contributed by atoms with Crippen LogP contribution in [0.1, 0.15) is 59.2 Å². The van der Waals surface area contributed by atoms with Gasteiger partial charge in [-0.25, -0.2) is 4.98 Å². The Bertz CT molecular complexity index is 424. The molecule has 4 nitrogen and oxygen atoms in total. The second-order valence-electron chi connectivity index (χ2n) is 7.25. The fraction of sp³-hybridized carbons (Fsp3) is 0.875. The molecule has 0 saturated heterocycles. The van der Waals surface area contributed by atoms with E-state index in [2.05, 4.69) is 42.5 Å². The summed E-state index contributed by atoms with van der Waals surface area (Å²) in [6.07, 6.45) is 7.47. The van der Waals surface area contributed by atoms with Crippen molar-refractivity contribution in [1.29, 1.82) is 0 Å². The topological polar surface area (TPSA) is 56.7 Å². The summed E-state index contributed by atoms with van der Waals surface area (Å²) in [5.41, 5.74) is 6.63. The van der Waals surface area contributed by atoms with Gasteiger partial charge >= 0.3 is 0 Å². The number of hydrogen-bond donors (Lipinski definition) is 1. The van der Waals surface area contributed by atoms with Gasteiger partial charge in [0.15, 0.2) is 0 Å². The predicted molar refractivity (Wildman–Crippen MR) is 82.3 cm³/mol. The van der Waals surface area contributed by atoms with Gasteiger partial charge in [-0.1, -0.05) is 34.1 Å². The lowest BCUT2D eigenvalue weighted by Crippen LogP contribution is -2.44. The number of rotatable bonds is 5. The fourth-order valence-corrected chi connectivity index (χ4v) is 3.76. The van der Waals surface area contributed by atoms with Crippen molar-refractivity contribution in [2.24, 2.45) is 23.0 Å². The Morgan fingerprint density at radius 3 is 2.80 bits per heavy atom. The Labute approximate surface area is 123 Å². The van der Waals surface area contributed by atoms with Crippen molar-refractivity contribution in [3.05, 3.63) is 12.2 Å². The molecule has 0 aromatic carbocycles. The molecule has 20 heavy (non-hydrogen) atoms. The molecule has 114 valence electrons. The molecule has 0 spiro atoms. The van der Waals surface area contributed by atoms with E-state index >= 15 is 0 Å². The molecule has 1 aliphatic rings. The third-order valence-electron chi connectivity index (χ3n) is 4.91. The van der Waals surface area contributed by atoms with Crippen LogP contribution in [-0.2, 0) is 13.0 Å². The molecule has 0 radical (unpaired) electrons. The molecule has 1 aliphatic carbocycles. The van der Waals surface area contributed by atoms with Crippen LogP contribution in [-0.4, -0.2) is 20.8 Å². The monoisotopic (exact) mass is 278 g/mol. The standard InChI is InChI=1S/C16H30N4/c1-5-8-20-15(18-11-19-20)10-16(3,4)13-7-6-12(2)9-14(13)17/h11-14H,5-10,17H2,1-4H3. The van der Waals surface area contributed by atoms with Crippen LogP contribution in [0, 0.1) is 17.3 Å². The SMILES string of the molecule is CCCn1ncnc1CC(C)(C)C1CCC(C)CC1N. The van der Waals surface area contributed by atoms with Crippen molar-refractivity contribution in [3.63, 3.8) is 0 Å². The van der Waals surface area contributed by atoms with E-state index in [4.69, 9.17) is 5.73 Å². The van der Waals surface area contributed by atoms with E-state index in [0.29, 0.717) is 12.0 Å². The molecule has 3 unspecified atom stereocenters. The smallest absolute Gasteiger partial charge is 0.138 e. The minimum Gasteiger partial charge on any atom is -0.327 e. The average Bonchev–Trinajstić information content (AvgIpc) is 2.76. The minimum atomic E-state index is 0.193. The zero-order chi connectivity index (χ0) is 14.8. The largest absolute Gasteiger partial charge is 0.327 e. The van der Waals surface area contributed by atoms with Gasteiger partial charge in [0.05, 0.1) is 0 Å². The molecule has 0 amide bonds. The molecule has 3 atom stereocenters. The normalized spacial score (nSPS) is 27.8. The van der Waals surface area contributed by atoms with E-state index < -0.39 is 0 Å². The maximum atomic E-state index is 6.44. The Morgan fingerprint density at radius 1 is 1.40 bits per heavy atom. The highest BCUT2D eigenvalue weighted by molar-refractivity contribution is 4.97. The lowest BCUT2D eigenvalue weighted by Gasteiger charge is -2.42. The Kier molecular flexibility index (Phi) is 4.84. The molecule has 1 aromatic rings. The van der Waals surface area contributed by atoms with Gasteiger partial charge in [0.2, 0.25) is 0 Å². The van der Waals surface area contributed by atoms with Gasteiger partial charge in [0.1, 0.15) is 12.2 Å². The molecule has 1 heterocycles. The summed E-state index contributed by atoms with van der Waals surface area (Å²) in [6, 6.07) is 0.330. The molecule has 1 saturated carbocycles. The number of nitrogens with two attached hydrogens (primary N) is 1. The van der Waals surface area contributed by atoms with Gasteiger partial charge in [-0.3, -0.25) is 4.68 Å². The van der Waals surface area contributed by atoms with Crippen LogP contribution in [0.15, 0.2) is 6.33 Å². The molecule has 2 N–H and O–H groups in total. The Morgan fingerprint density at radius 2 is 2.15 bits per heavy atom. The summed E-state index contributed by atoms with van der Waals surface area (Å²) in [5, 5.41) is 4.34. The first-order valence-electron chi connectivity index (χ1n) is 8.06. The summed E-state index contributed by atoms with van der Waals surface area (Å²) < 4.78 is 2.05. The van der Waals surface area contributed by atoms with Crippen LogP contribution in [0.2, 0.25) is 0 Å². The molecular formula is C16H30N4. The average molecular weight is 278 g/mol. The van der Waals surface area contributed by atoms with E-state index in [-0.39, 0.29) is 5.41 Å². The van der Waals surface area contributed by atoms with Gasteiger partial charge < -0.3 is 5.73 Å². The van der Waals surface area contributed by atoms with Gasteiger partial charge in [0.25, 0.3) is 0 Å². The summed E-state index contributed by atoms with van der Waals surface area (Å²) in [6.45, 7) is 10.1. The zero-order valence-corrected chi connectivity index (χ0v) is 13.5. The summed E-state index contributed by atoms with van der Waals surface area (Å²) in [5.74, 6) is 2.48. The van der Waals surface area contributed by atoms with E-state index in [1.165, 1.54) is 12.8 Å². The third kappa shape index (κ3) is 3.40. The first-order chi connectivity index (χ1) is 9.44.